The summed E-state index contributed by atoms with van der Waals surface area (Å²) in [5.41, 5.74) is 6.00. The van der Waals surface area contributed by atoms with Gasteiger partial charge in [0.15, 0.2) is 0 Å². The summed E-state index contributed by atoms with van der Waals surface area (Å²) in [6, 6.07) is 1.77. The molecule has 94 valence electrons. The molecule has 1 aliphatic rings. The molecular formula is C12H14Cl2FNO. The van der Waals surface area contributed by atoms with E-state index in [0.717, 1.165) is 19.3 Å². The van der Waals surface area contributed by atoms with E-state index in [4.69, 9.17) is 28.9 Å². The van der Waals surface area contributed by atoms with Crippen molar-refractivity contribution >= 4 is 23.2 Å². The van der Waals surface area contributed by atoms with Gasteiger partial charge < -0.3 is 10.8 Å². The summed E-state index contributed by atoms with van der Waals surface area (Å²) in [4.78, 5) is 0. The Balaban J connectivity index is 2.29. The molecule has 0 amide bonds. The van der Waals surface area contributed by atoms with Crippen LogP contribution in [0.15, 0.2) is 12.1 Å². The van der Waals surface area contributed by atoms with E-state index >= 15 is 0 Å². The normalized spacial score (nSPS) is 19.8. The van der Waals surface area contributed by atoms with Crippen molar-refractivity contribution in [1.82, 2.24) is 0 Å². The van der Waals surface area contributed by atoms with Crippen LogP contribution in [0.1, 0.15) is 30.9 Å². The van der Waals surface area contributed by atoms with Crippen LogP contribution in [-0.2, 0) is 0 Å². The van der Waals surface area contributed by atoms with Crippen molar-refractivity contribution in [3.63, 3.8) is 0 Å². The van der Waals surface area contributed by atoms with Crippen LogP contribution in [-0.4, -0.2) is 11.2 Å². The van der Waals surface area contributed by atoms with Crippen LogP contribution in [0.3, 0.4) is 0 Å². The highest BCUT2D eigenvalue weighted by Crippen LogP contribution is 2.38. The smallest absolute Gasteiger partial charge is 0.129 e. The van der Waals surface area contributed by atoms with Crippen LogP contribution in [0.5, 0.6) is 0 Å². The Morgan fingerprint density at radius 3 is 2.53 bits per heavy atom. The molecule has 5 heteroatoms. The van der Waals surface area contributed by atoms with Gasteiger partial charge in [-0.05, 0) is 30.9 Å². The fourth-order valence-corrected chi connectivity index (χ4v) is 2.54. The number of halogens is 3. The second kappa shape index (κ2) is 5.11. The van der Waals surface area contributed by atoms with Crippen molar-refractivity contribution in [3.8, 4) is 0 Å². The minimum absolute atomic E-state index is 0.0949. The third kappa shape index (κ3) is 2.43. The standard InChI is InChI=1S/C12H14Cl2FNO/c13-7-4-5-8(15)9(10(7)14)11(16)12(17)6-2-1-3-6/h4-6,11-12,17H,1-3,16H2/t11-,12+/m1/s1. The molecule has 0 aliphatic heterocycles. The summed E-state index contributed by atoms with van der Waals surface area (Å²) >= 11 is 11.8. The zero-order valence-corrected chi connectivity index (χ0v) is 10.7. The molecule has 0 aromatic heterocycles. The average Bonchev–Trinajstić information content (AvgIpc) is 2.21. The van der Waals surface area contributed by atoms with Gasteiger partial charge >= 0.3 is 0 Å². The molecule has 0 spiro atoms. The van der Waals surface area contributed by atoms with E-state index in [9.17, 15) is 9.50 Å². The number of hydrogen-bond acceptors (Lipinski definition) is 2. The largest absolute Gasteiger partial charge is 0.391 e. The summed E-state index contributed by atoms with van der Waals surface area (Å²) in [6.07, 6.45) is 2.16. The van der Waals surface area contributed by atoms with Crippen LogP contribution in [0.4, 0.5) is 4.39 Å². The number of hydrogen-bond donors (Lipinski definition) is 2. The van der Waals surface area contributed by atoms with E-state index in [1.807, 2.05) is 0 Å². The Hall–Kier alpha value is -0.350. The molecule has 1 fully saturated rings. The van der Waals surface area contributed by atoms with E-state index in [-0.39, 0.29) is 21.5 Å². The highest BCUT2D eigenvalue weighted by atomic mass is 35.5. The summed E-state index contributed by atoms with van der Waals surface area (Å²) in [6.45, 7) is 0. The molecule has 1 aliphatic carbocycles. The fourth-order valence-electron chi connectivity index (χ4n) is 2.09. The Morgan fingerprint density at radius 2 is 2.00 bits per heavy atom. The summed E-state index contributed by atoms with van der Waals surface area (Å²) in [5.74, 6) is -0.385. The highest BCUT2D eigenvalue weighted by molar-refractivity contribution is 6.42. The van der Waals surface area contributed by atoms with Crippen LogP contribution in [0.2, 0.25) is 10.0 Å². The van der Waals surface area contributed by atoms with Gasteiger partial charge in [0.25, 0.3) is 0 Å². The number of rotatable bonds is 3. The van der Waals surface area contributed by atoms with Crippen molar-refractivity contribution in [3.05, 3.63) is 33.6 Å². The van der Waals surface area contributed by atoms with Gasteiger partial charge in [0.05, 0.1) is 22.2 Å². The first-order valence-electron chi connectivity index (χ1n) is 5.59. The van der Waals surface area contributed by atoms with Crippen LogP contribution in [0, 0.1) is 11.7 Å². The lowest BCUT2D eigenvalue weighted by Crippen LogP contribution is -2.37. The van der Waals surface area contributed by atoms with Gasteiger partial charge in [-0.15, -0.1) is 0 Å². The first-order chi connectivity index (χ1) is 8.02. The van der Waals surface area contributed by atoms with Crippen molar-refractivity contribution in [2.24, 2.45) is 11.7 Å². The molecule has 0 heterocycles. The van der Waals surface area contributed by atoms with Crippen LogP contribution >= 0.6 is 23.2 Å². The molecule has 1 saturated carbocycles. The Bertz CT molecular complexity index is 423. The lowest BCUT2D eigenvalue weighted by Gasteiger charge is -2.34. The van der Waals surface area contributed by atoms with Crippen molar-refractivity contribution < 1.29 is 9.50 Å². The molecule has 0 radical (unpaired) electrons. The lowest BCUT2D eigenvalue weighted by molar-refractivity contribution is 0.0405. The predicted molar refractivity (Wildman–Crippen MR) is 66.7 cm³/mol. The third-order valence-electron chi connectivity index (χ3n) is 3.41. The lowest BCUT2D eigenvalue weighted by atomic mass is 9.77. The molecule has 2 rings (SSSR count). The topological polar surface area (TPSA) is 46.2 Å². The Labute approximate surface area is 110 Å². The van der Waals surface area contributed by atoms with Gasteiger partial charge in [0, 0.05) is 5.56 Å². The highest BCUT2D eigenvalue weighted by Gasteiger charge is 2.33. The molecule has 17 heavy (non-hydrogen) atoms. The molecule has 3 N–H and O–H groups in total. The van der Waals surface area contributed by atoms with Gasteiger partial charge in [0.1, 0.15) is 5.82 Å². The monoisotopic (exact) mass is 277 g/mol. The van der Waals surface area contributed by atoms with E-state index < -0.39 is 18.0 Å². The zero-order valence-electron chi connectivity index (χ0n) is 9.17. The maximum atomic E-state index is 13.7. The maximum Gasteiger partial charge on any atom is 0.129 e. The van der Waals surface area contributed by atoms with E-state index in [0.29, 0.717) is 0 Å². The molecular weight excluding hydrogens is 264 g/mol. The summed E-state index contributed by atoms with van der Waals surface area (Å²) < 4.78 is 13.7. The van der Waals surface area contributed by atoms with E-state index in [2.05, 4.69) is 0 Å². The van der Waals surface area contributed by atoms with Crippen molar-refractivity contribution in [2.75, 3.05) is 0 Å². The van der Waals surface area contributed by atoms with Crippen LogP contribution < -0.4 is 5.73 Å². The Kier molecular flexibility index (Phi) is 3.93. The van der Waals surface area contributed by atoms with Crippen LogP contribution in [0.25, 0.3) is 0 Å². The molecule has 2 atom stereocenters. The molecule has 1 aromatic rings. The molecule has 0 bridgehead atoms. The first-order valence-corrected chi connectivity index (χ1v) is 6.35. The first kappa shape index (κ1) is 13.1. The zero-order chi connectivity index (χ0) is 12.6. The molecule has 1 aromatic carbocycles. The molecule has 0 saturated heterocycles. The maximum absolute atomic E-state index is 13.7. The number of benzene rings is 1. The van der Waals surface area contributed by atoms with Gasteiger partial charge in [0.2, 0.25) is 0 Å². The molecule has 2 nitrogen and oxygen atoms in total. The Morgan fingerprint density at radius 1 is 1.35 bits per heavy atom. The van der Waals surface area contributed by atoms with Crippen molar-refractivity contribution in [1.29, 1.82) is 0 Å². The summed E-state index contributed by atoms with van der Waals surface area (Å²) in [7, 11) is 0. The van der Waals surface area contributed by atoms with Gasteiger partial charge in [-0.2, -0.15) is 0 Å². The number of aliphatic hydroxyl groups is 1. The van der Waals surface area contributed by atoms with Gasteiger partial charge in [-0.1, -0.05) is 29.6 Å². The molecule has 0 unspecified atom stereocenters. The fraction of sp³-hybridized carbons (Fsp3) is 0.500. The van der Waals surface area contributed by atoms with Crippen molar-refractivity contribution in [2.45, 2.75) is 31.4 Å². The number of aliphatic hydroxyl groups excluding tert-OH is 1. The third-order valence-corrected chi connectivity index (χ3v) is 4.23. The SMILES string of the molecule is N[C@H](c1c(F)ccc(Cl)c1Cl)[C@@H](O)C1CCC1. The second-order valence-electron chi connectivity index (χ2n) is 4.46. The van der Waals surface area contributed by atoms with E-state index in [1.165, 1.54) is 12.1 Å². The van der Waals surface area contributed by atoms with Gasteiger partial charge in [-0.25, -0.2) is 4.39 Å². The second-order valence-corrected chi connectivity index (χ2v) is 5.25. The number of nitrogens with two attached hydrogens (primary N) is 1. The van der Waals surface area contributed by atoms with E-state index in [1.54, 1.807) is 0 Å². The predicted octanol–water partition coefficient (Wildman–Crippen LogP) is 3.29. The quantitative estimate of drug-likeness (QED) is 0.833. The average molecular weight is 278 g/mol. The van der Waals surface area contributed by atoms with Gasteiger partial charge in [-0.3, -0.25) is 0 Å². The summed E-state index contributed by atoms with van der Waals surface area (Å²) in [5, 5.41) is 10.4. The minimum atomic E-state index is -0.827. The minimum Gasteiger partial charge on any atom is -0.391 e.